The van der Waals surface area contributed by atoms with Crippen molar-refractivity contribution >= 4 is 17.4 Å². The second-order valence-electron chi connectivity index (χ2n) is 4.02. The van der Waals surface area contributed by atoms with E-state index in [1.165, 1.54) is 0 Å². The molecule has 0 atom stereocenters. The van der Waals surface area contributed by atoms with Crippen LogP contribution in [0, 0.1) is 0 Å². The van der Waals surface area contributed by atoms with Crippen molar-refractivity contribution in [1.82, 2.24) is 10.2 Å². The number of carbonyl (C=O) groups is 1. The van der Waals surface area contributed by atoms with Crippen molar-refractivity contribution in [3.05, 3.63) is 42.1 Å². The van der Waals surface area contributed by atoms with Crippen molar-refractivity contribution in [2.45, 2.75) is 6.92 Å². The predicted octanol–water partition coefficient (Wildman–Crippen LogP) is 2.17. The first kappa shape index (κ1) is 13.8. The Morgan fingerprint density at radius 3 is 2.75 bits per heavy atom. The van der Waals surface area contributed by atoms with Crippen LogP contribution in [0.25, 0.3) is 0 Å². The van der Waals surface area contributed by atoms with Crippen molar-refractivity contribution in [2.75, 3.05) is 24.3 Å². The molecule has 0 aliphatic rings. The van der Waals surface area contributed by atoms with E-state index in [2.05, 4.69) is 20.8 Å². The zero-order chi connectivity index (χ0) is 14.4. The van der Waals surface area contributed by atoms with Crippen LogP contribution in [0.1, 0.15) is 17.4 Å². The third-order valence-corrected chi connectivity index (χ3v) is 2.58. The molecule has 20 heavy (non-hydrogen) atoms. The van der Waals surface area contributed by atoms with E-state index in [0.29, 0.717) is 17.3 Å². The van der Waals surface area contributed by atoms with E-state index >= 15 is 0 Å². The Hall–Kier alpha value is -2.63. The number of nitrogens with zero attached hydrogens (tertiary/aromatic N) is 2. The number of rotatable bonds is 5. The first-order valence-electron chi connectivity index (χ1n) is 6.26. The lowest BCUT2D eigenvalue weighted by molar-refractivity contribution is 0.102. The number of ether oxygens (including phenoxy) is 1. The smallest absolute Gasteiger partial charge is 0.276 e. The van der Waals surface area contributed by atoms with Gasteiger partial charge in [0.25, 0.3) is 5.91 Å². The summed E-state index contributed by atoms with van der Waals surface area (Å²) in [5.74, 6) is 1.01. The normalized spacial score (nSPS) is 9.90. The van der Waals surface area contributed by atoms with Gasteiger partial charge >= 0.3 is 0 Å². The summed E-state index contributed by atoms with van der Waals surface area (Å²) in [6, 6.07) is 10.5. The number of aromatic nitrogens is 2. The zero-order valence-corrected chi connectivity index (χ0v) is 11.4. The highest BCUT2D eigenvalue weighted by Crippen LogP contribution is 2.17. The van der Waals surface area contributed by atoms with Gasteiger partial charge in [-0.15, -0.1) is 10.2 Å². The van der Waals surface area contributed by atoms with Crippen LogP contribution in [-0.2, 0) is 0 Å². The number of hydrogen-bond donors (Lipinski definition) is 2. The Morgan fingerprint density at radius 2 is 2.10 bits per heavy atom. The Kier molecular flexibility index (Phi) is 4.49. The van der Waals surface area contributed by atoms with Gasteiger partial charge in [0.2, 0.25) is 0 Å². The standard InChI is InChI=1S/C14H16N4O2/c1-3-15-13-8-7-12(17-18-13)14(19)16-10-5-4-6-11(9-10)20-2/h4-9H,3H2,1-2H3,(H,15,18)(H,16,19). The lowest BCUT2D eigenvalue weighted by Crippen LogP contribution is -2.14. The van der Waals surface area contributed by atoms with Gasteiger partial charge in [-0.2, -0.15) is 0 Å². The summed E-state index contributed by atoms with van der Waals surface area (Å²) in [6.07, 6.45) is 0. The van der Waals surface area contributed by atoms with Gasteiger partial charge in [-0.3, -0.25) is 4.79 Å². The summed E-state index contributed by atoms with van der Waals surface area (Å²) in [6.45, 7) is 2.72. The van der Waals surface area contributed by atoms with E-state index in [4.69, 9.17) is 4.74 Å². The molecule has 0 saturated heterocycles. The Labute approximate surface area is 117 Å². The molecule has 0 radical (unpaired) electrons. The fraction of sp³-hybridized carbons (Fsp3) is 0.214. The van der Waals surface area contributed by atoms with Crippen LogP contribution in [0.15, 0.2) is 36.4 Å². The highest BCUT2D eigenvalue weighted by molar-refractivity contribution is 6.02. The molecular formula is C14H16N4O2. The average Bonchev–Trinajstić information content (AvgIpc) is 2.48. The van der Waals surface area contributed by atoms with Gasteiger partial charge in [0, 0.05) is 18.3 Å². The van der Waals surface area contributed by atoms with Crippen LogP contribution < -0.4 is 15.4 Å². The molecule has 6 heteroatoms. The maximum absolute atomic E-state index is 12.0. The fourth-order valence-corrected chi connectivity index (χ4v) is 1.62. The molecule has 2 rings (SSSR count). The van der Waals surface area contributed by atoms with Crippen molar-refractivity contribution in [1.29, 1.82) is 0 Å². The lowest BCUT2D eigenvalue weighted by atomic mass is 10.3. The monoisotopic (exact) mass is 272 g/mol. The van der Waals surface area contributed by atoms with Crippen LogP contribution in [-0.4, -0.2) is 29.8 Å². The Balaban J connectivity index is 2.07. The SMILES string of the molecule is CCNc1ccc(C(=O)Nc2cccc(OC)c2)nn1. The molecule has 0 spiro atoms. The molecular weight excluding hydrogens is 256 g/mol. The van der Waals surface area contributed by atoms with Crippen molar-refractivity contribution in [2.24, 2.45) is 0 Å². The van der Waals surface area contributed by atoms with Crippen LogP contribution in [0.3, 0.4) is 0 Å². The van der Waals surface area contributed by atoms with E-state index in [1.54, 1.807) is 43.5 Å². The highest BCUT2D eigenvalue weighted by Gasteiger charge is 2.09. The molecule has 1 aromatic heterocycles. The molecule has 1 heterocycles. The number of carbonyl (C=O) groups excluding carboxylic acids is 1. The van der Waals surface area contributed by atoms with Crippen molar-refractivity contribution in [3.63, 3.8) is 0 Å². The topological polar surface area (TPSA) is 76.1 Å². The van der Waals surface area contributed by atoms with Gasteiger partial charge < -0.3 is 15.4 Å². The second-order valence-corrected chi connectivity index (χ2v) is 4.02. The average molecular weight is 272 g/mol. The minimum atomic E-state index is -0.311. The van der Waals surface area contributed by atoms with Crippen LogP contribution in [0.5, 0.6) is 5.75 Å². The number of anilines is 2. The van der Waals surface area contributed by atoms with Gasteiger partial charge in [0.1, 0.15) is 11.6 Å². The van der Waals surface area contributed by atoms with Crippen molar-refractivity contribution in [3.8, 4) is 5.75 Å². The fourth-order valence-electron chi connectivity index (χ4n) is 1.62. The minimum absolute atomic E-state index is 0.259. The van der Waals surface area contributed by atoms with Gasteiger partial charge in [-0.25, -0.2) is 0 Å². The molecule has 0 aliphatic heterocycles. The molecule has 2 N–H and O–H groups in total. The highest BCUT2D eigenvalue weighted by atomic mass is 16.5. The molecule has 6 nitrogen and oxygen atoms in total. The summed E-state index contributed by atoms with van der Waals surface area (Å²) in [5, 5.41) is 13.6. The van der Waals surface area contributed by atoms with Crippen LogP contribution in [0.2, 0.25) is 0 Å². The summed E-state index contributed by atoms with van der Waals surface area (Å²) in [5.41, 5.74) is 0.904. The Morgan fingerprint density at radius 1 is 1.25 bits per heavy atom. The lowest BCUT2D eigenvalue weighted by Gasteiger charge is -2.06. The number of benzene rings is 1. The van der Waals surface area contributed by atoms with E-state index < -0.39 is 0 Å². The number of nitrogens with one attached hydrogen (secondary N) is 2. The van der Waals surface area contributed by atoms with E-state index in [0.717, 1.165) is 6.54 Å². The van der Waals surface area contributed by atoms with Gasteiger partial charge in [-0.05, 0) is 31.2 Å². The first-order chi connectivity index (χ1) is 9.72. The zero-order valence-electron chi connectivity index (χ0n) is 11.4. The molecule has 0 bridgehead atoms. The molecule has 0 fully saturated rings. The molecule has 0 aliphatic carbocycles. The molecule has 0 saturated carbocycles. The second kappa shape index (κ2) is 6.51. The van der Waals surface area contributed by atoms with Crippen molar-refractivity contribution < 1.29 is 9.53 Å². The summed E-state index contributed by atoms with van der Waals surface area (Å²) < 4.78 is 5.10. The summed E-state index contributed by atoms with van der Waals surface area (Å²) in [7, 11) is 1.58. The maximum Gasteiger partial charge on any atom is 0.276 e. The quantitative estimate of drug-likeness (QED) is 0.872. The summed E-state index contributed by atoms with van der Waals surface area (Å²) >= 11 is 0. The summed E-state index contributed by atoms with van der Waals surface area (Å²) in [4.78, 5) is 12.0. The van der Waals surface area contributed by atoms with Gasteiger partial charge in [0.15, 0.2) is 5.69 Å². The Bertz CT molecular complexity index is 584. The van der Waals surface area contributed by atoms with E-state index in [-0.39, 0.29) is 11.6 Å². The van der Waals surface area contributed by atoms with Gasteiger partial charge in [0.05, 0.1) is 7.11 Å². The largest absolute Gasteiger partial charge is 0.497 e. The minimum Gasteiger partial charge on any atom is -0.497 e. The first-order valence-corrected chi connectivity index (χ1v) is 6.26. The van der Waals surface area contributed by atoms with Gasteiger partial charge in [-0.1, -0.05) is 6.07 Å². The van der Waals surface area contributed by atoms with Crippen LogP contribution >= 0.6 is 0 Å². The molecule has 1 aromatic carbocycles. The number of methoxy groups -OCH3 is 1. The molecule has 0 unspecified atom stereocenters. The molecule has 2 aromatic rings. The third kappa shape index (κ3) is 3.44. The number of hydrogen-bond acceptors (Lipinski definition) is 5. The van der Waals surface area contributed by atoms with E-state index in [1.807, 2.05) is 6.92 Å². The predicted molar refractivity (Wildman–Crippen MR) is 77.1 cm³/mol. The molecule has 104 valence electrons. The maximum atomic E-state index is 12.0. The number of amides is 1. The third-order valence-electron chi connectivity index (χ3n) is 2.58. The van der Waals surface area contributed by atoms with Crippen LogP contribution in [0.4, 0.5) is 11.5 Å². The molecule has 1 amide bonds. The van der Waals surface area contributed by atoms with E-state index in [9.17, 15) is 4.79 Å².